The molecule has 0 spiro atoms. The number of pyridine rings is 1. The highest BCUT2D eigenvalue weighted by Crippen LogP contribution is 2.29. The van der Waals surface area contributed by atoms with Crippen molar-refractivity contribution in [1.29, 1.82) is 0 Å². The lowest BCUT2D eigenvalue weighted by Gasteiger charge is -2.31. The minimum absolute atomic E-state index is 0.210. The molecule has 144 valence electrons. The predicted octanol–water partition coefficient (Wildman–Crippen LogP) is 3.44. The Morgan fingerprint density at radius 3 is 2.68 bits per heavy atom. The van der Waals surface area contributed by atoms with Crippen LogP contribution in [0.25, 0.3) is 22.4 Å². The van der Waals surface area contributed by atoms with E-state index < -0.39 is 11.9 Å². The van der Waals surface area contributed by atoms with Gasteiger partial charge in [-0.05, 0) is 32.8 Å². The number of rotatable bonds is 3. The van der Waals surface area contributed by atoms with Crippen molar-refractivity contribution in [2.45, 2.75) is 26.7 Å². The fourth-order valence-electron chi connectivity index (χ4n) is 3.67. The van der Waals surface area contributed by atoms with E-state index in [0.717, 1.165) is 11.1 Å². The number of piperidine rings is 1. The Morgan fingerprint density at radius 2 is 1.96 bits per heavy atom. The zero-order chi connectivity index (χ0) is 19.8. The number of carbonyl (C=O) groups is 2. The third-order valence-electron chi connectivity index (χ3n) is 5.25. The highest BCUT2D eigenvalue weighted by Gasteiger charge is 2.30. The quantitative estimate of drug-likeness (QED) is 0.749. The summed E-state index contributed by atoms with van der Waals surface area (Å²) >= 11 is 0. The average Bonchev–Trinajstić information content (AvgIpc) is 3.08. The van der Waals surface area contributed by atoms with E-state index in [9.17, 15) is 14.7 Å². The first-order valence-electron chi connectivity index (χ1n) is 9.30. The van der Waals surface area contributed by atoms with Crippen LogP contribution in [0.1, 0.15) is 34.5 Å². The van der Waals surface area contributed by atoms with Crippen LogP contribution in [0.3, 0.4) is 0 Å². The van der Waals surface area contributed by atoms with Gasteiger partial charge in [-0.3, -0.25) is 9.59 Å². The van der Waals surface area contributed by atoms with Gasteiger partial charge >= 0.3 is 5.97 Å². The van der Waals surface area contributed by atoms with E-state index in [-0.39, 0.29) is 12.5 Å². The molecular weight excluding hydrogens is 358 g/mol. The van der Waals surface area contributed by atoms with Gasteiger partial charge in [-0.2, -0.15) is 0 Å². The number of carboxylic acids is 1. The van der Waals surface area contributed by atoms with Crippen molar-refractivity contribution < 1.29 is 19.2 Å². The second-order valence-electron chi connectivity index (χ2n) is 7.30. The van der Waals surface area contributed by atoms with Crippen LogP contribution in [0.15, 0.2) is 34.9 Å². The van der Waals surface area contributed by atoms with Gasteiger partial charge < -0.3 is 14.5 Å². The lowest BCUT2D eigenvalue weighted by Crippen LogP contribution is -2.42. The topological polar surface area (TPSA) is 96.5 Å². The van der Waals surface area contributed by atoms with E-state index in [1.807, 2.05) is 31.2 Å². The van der Waals surface area contributed by atoms with E-state index in [1.54, 1.807) is 17.9 Å². The third-order valence-corrected chi connectivity index (χ3v) is 5.25. The molecule has 1 atom stereocenters. The van der Waals surface area contributed by atoms with Crippen LogP contribution in [0.5, 0.6) is 0 Å². The molecule has 0 bridgehead atoms. The predicted molar refractivity (Wildman–Crippen MR) is 103 cm³/mol. The Morgan fingerprint density at radius 1 is 1.21 bits per heavy atom. The Kier molecular flexibility index (Phi) is 4.58. The molecule has 3 heterocycles. The number of benzene rings is 1. The number of aryl methyl sites for hydroxylation is 2. The normalized spacial score (nSPS) is 17.1. The number of hydrogen-bond acceptors (Lipinski definition) is 5. The maximum absolute atomic E-state index is 13.3. The van der Waals surface area contributed by atoms with Crippen LogP contribution in [-0.4, -0.2) is 45.1 Å². The lowest BCUT2D eigenvalue weighted by molar-refractivity contribution is -0.143. The molecule has 1 aliphatic rings. The van der Waals surface area contributed by atoms with Gasteiger partial charge in [0.25, 0.3) is 11.6 Å². The fraction of sp³-hybridized carbons (Fsp3) is 0.333. The molecule has 2 aromatic heterocycles. The molecule has 4 rings (SSSR count). The monoisotopic (exact) mass is 379 g/mol. The molecular formula is C21H21N3O4. The largest absolute Gasteiger partial charge is 0.481 e. The minimum Gasteiger partial charge on any atom is -0.481 e. The molecule has 0 radical (unpaired) electrons. The van der Waals surface area contributed by atoms with Gasteiger partial charge in [0.15, 0.2) is 0 Å². The summed E-state index contributed by atoms with van der Waals surface area (Å²) in [5, 5.41) is 13.9. The summed E-state index contributed by atoms with van der Waals surface area (Å²) in [7, 11) is 0. The zero-order valence-electron chi connectivity index (χ0n) is 15.8. The Bertz CT molecular complexity index is 1060. The molecule has 0 saturated carbocycles. The van der Waals surface area contributed by atoms with Crippen LogP contribution >= 0.6 is 0 Å². The number of hydrogen-bond donors (Lipinski definition) is 1. The average molecular weight is 379 g/mol. The van der Waals surface area contributed by atoms with Crippen molar-refractivity contribution in [2.75, 3.05) is 13.1 Å². The van der Waals surface area contributed by atoms with E-state index in [1.165, 1.54) is 0 Å². The van der Waals surface area contributed by atoms with Crippen molar-refractivity contribution in [3.63, 3.8) is 0 Å². The van der Waals surface area contributed by atoms with E-state index in [2.05, 4.69) is 10.1 Å². The Labute approximate surface area is 162 Å². The molecule has 0 aliphatic carbocycles. The Hall–Kier alpha value is -3.22. The van der Waals surface area contributed by atoms with Crippen molar-refractivity contribution in [1.82, 2.24) is 15.0 Å². The van der Waals surface area contributed by atoms with Crippen LogP contribution in [-0.2, 0) is 4.79 Å². The van der Waals surface area contributed by atoms with Crippen molar-refractivity contribution in [3.05, 3.63) is 47.2 Å². The van der Waals surface area contributed by atoms with Crippen molar-refractivity contribution >= 4 is 23.0 Å². The fourth-order valence-corrected chi connectivity index (χ4v) is 3.67. The van der Waals surface area contributed by atoms with E-state index in [4.69, 9.17) is 4.52 Å². The zero-order valence-corrected chi connectivity index (χ0v) is 15.8. The molecule has 1 saturated heterocycles. The first-order valence-corrected chi connectivity index (χ1v) is 9.30. The maximum Gasteiger partial charge on any atom is 0.308 e. The van der Waals surface area contributed by atoms with Crippen LogP contribution < -0.4 is 0 Å². The number of amides is 1. The highest BCUT2D eigenvalue weighted by atomic mass is 16.5. The number of carboxylic acid groups (broad SMARTS) is 1. The number of nitrogens with zero attached hydrogens (tertiary/aromatic N) is 3. The summed E-state index contributed by atoms with van der Waals surface area (Å²) in [6.45, 7) is 4.52. The molecule has 7 heteroatoms. The van der Waals surface area contributed by atoms with E-state index in [0.29, 0.717) is 47.4 Å². The number of aliphatic carboxylic acids is 1. The molecule has 1 amide bonds. The van der Waals surface area contributed by atoms with Gasteiger partial charge in [0, 0.05) is 18.7 Å². The van der Waals surface area contributed by atoms with Crippen molar-refractivity contribution in [3.8, 4) is 11.3 Å². The summed E-state index contributed by atoms with van der Waals surface area (Å²) < 4.78 is 5.35. The molecule has 1 aromatic carbocycles. The van der Waals surface area contributed by atoms with Crippen LogP contribution in [0.2, 0.25) is 0 Å². The van der Waals surface area contributed by atoms with Gasteiger partial charge in [-0.15, -0.1) is 0 Å². The molecule has 3 aromatic rings. The van der Waals surface area contributed by atoms with E-state index >= 15 is 0 Å². The second-order valence-corrected chi connectivity index (χ2v) is 7.30. The summed E-state index contributed by atoms with van der Waals surface area (Å²) in [6, 6.07) is 9.61. The number of aromatic nitrogens is 2. The molecule has 1 unspecified atom stereocenters. The van der Waals surface area contributed by atoms with Gasteiger partial charge in [-0.25, -0.2) is 4.98 Å². The summed E-state index contributed by atoms with van der Waals surface area (Å²) in [4.78, 5) is 30.8. The lowest BCUT2D eigenvalue weighted by atomic mass is 9.97. The first-order chi connectivity index (χ1) is 13.4. The molecule has 7 nitrogen and oxygen atoms in total. The van der Waals surface area contributed by atoms with Gasteiger partial charge in [0.05, 0.1) is 28.3 Å². The number of fused-ring (bicyclic) bond motifs is 1. The first kappa shape index (κ1) is 18.2. The summed E-state index contributed by atoms with van der Waals surface area (Å²) in [6.07, 6.45) is 1.26. The van der Waals surface area contributed by atoms with Gasteiger partial charge in [0.1, 0.15) is 0 Å². The highest BCUT2D eigenvalue weighted by molar-refractivity contribution is 6.07. The van der Waals surface area contributed by atoms with Gasteiger partial charge in [-0.1, -0.05) is 35.0 Å². The summed E-state index contributed by atoms with van der Waals surface area (Å²) in [5.41, 5.74) is 3.98. The maximum atomic E-state index is 13.3. The Balaban J connectivity index is 1.78. The van der Waals surface area contributed by atoms with Crippen LogP contribution in [0, 0.1) is 19.8 Å². The molecule has 1 N–H and O–H groups in total. The van der Waals surface area contributed by atoms with Crippen LogP contribution in [0.4, 0.5) is 0 Å². The van der Waals surface area contributed by atoms with Crippen molar-refractivity contribution in [2.24, 2.45) is 5.92 Å². The third kappa shape index (κ3) is 3.24. The number of carbonyl (C=O) groups excluding carboxylic acids is 1. The minimum atomic E-state index is -0.862. The number of likely N-dealkylation sites (tertiary alicyclic amines) is 1. The second kappa shape index (κ2) is 7.07. The van der Waals surface area contributed by atoms with Gasteiger partial charge in [0.2, 0.25) is 0 Å². The smallest absolute Gasteiger partial charge is 0.308 e. The molecule has 1 fully saturated rings. The molecule has 1 aliphatic heterocycles. The standard InChI is InChI=1S/C21H21N3O4/c1-12-5-7-14(8-6-12)17-10-16(18-13(2)23-28-19(18)22-17)20(25)24-9-3-4-15(11-24)21(26)27/h5-8,10,15H,3-4,9,11H2,1-2H3,(H,26,27). The SMILES string of the molecule is Cc1ccc(-c2cc(C(=O)N3CCCC(C(=O)O)C3)c3c(C)noc3n2)cc1. The molecule has 28 heavy (non-hydrogen) atoms. The summed E-state index contributed by atoms with van der Waals surface area (Å²) in [5.74, 6) is -1.60.